The second kappa shape index (κ2) is 2.85. The molecule has 108 valence electrons. The molecule has 20 heavy (non-hydrogen) atoms. The molecule has 5 nitrogen and oxygen atoms in total. The summed E-state index contributed by atoms with van der Waals surface area (Å²) < 4.78 is 17.4. The number of rotatable bonds is 0. The van der Waals surface area contributed by atoms with E-state index in [1.165, 1.54) is 0 Å². The standard InChI is InChI=1S/C15H18O5/c1-6-7-4-5-13(2,17)15-9(8(7)18-12(6)16)14(3)10(19-14)11(15)20-15/h7-11,17H,1,4-5H2,2-3H3/t7-,8?,9?,10+,11-,13+,14-,15+/m0/s1. The van der Waals surface area contributed by atoms with Crippen molar-refractivity contribution in [2.75, 3.05) is 0 Å². The van der Waals surface area contributed by atoms with Crippen LogP contribution >= 0.6 is 0 Å². The summed E-state index contributed by atoms with van der Waals surface area (Å²) in [5.41, 5.74) is -1.30. The number of carbonyl (C=O) groups is 1. The van der Waals surface area contributed by atoms with Gasteiger partial charge >= 0.3 is 5.97 Å². The maximum Gasteiger partial charge on any atom is 0.334 e. The Bertz CT molecular complexity index is 569. The molecule has 0 bridgehead atoms. The van der Waals surface area contributed by atoms with Gasteiger partial charge in [0.25, 0.3) is 0 Å². The summed E-state index contributed by atoms with van der Waals surface area (Å²) in [6.07, 6.45) is 1.01. The lowest BCUT2D eigenvalue weighted by Gasteiger charge is -2.36. The topological polar surface area (TPSA) is 71.6 Å². The summed E-state index contributed by atoms with van der Waals surface area (Å²) in [5.74, 6) is -0.430. The average molecular weight is 278 g/mol. The van der Waals surface area contributed by atoms with E-state index in [1.54, 1.807) is 0 Å². The van der Waals surface area contributed by atoms with Crippen LogP contribution < -0.4 is 0 Å². The molecule has 0 aromatic rings. The molecular weight excluding hydrogens is 260 g/mol. The molecule has 3 heterocycles. The van der Waals surface area contributed by atoms with Crippen LogP contribution in [0.4, 0.5) is 0 Å². The zero-order valence-electron chi connectivity index (χ0n) is 11.6. The first-order chi connectivity index (χ1) is 9.33. The predicted molar refractivity (Wildman–Crippen MR) is 66.7 cm³/mol. The van der Waals surface area contributed by atoms with Crippen molar-refractivity contribution in [2.24, 2.45) is 11.8 Å². The minimum Gasteiger partial charge on any atom is -0.458 e. The Morgan fingerprint density at radius 1 is 1.30 bits per heavy atom. The van der Waals surface area contributed by atoms with Crippen molar-refractivity contribution in [3.05, 3.63) is 12.2 Å². The third-order valence-corrected chi connectivity index (χ3v) is 6.39. The maximum atomic E-state index is 11.9. The van der Waals surface area contributed by atoms with Crippen molar-refractivity contribution in [3.63, 3.8) is 0 Å². The lowest BCUT2D eigenvalue weighted by molar-refractivity contribution is -0.147. The van der Waals surface area contributed by atoms with Gasteiger partial charge in [0.05, 0.1) is 11.5 Å². The molecule has 0 aromatic carbocycles. The number of hydrogen-bond acceptors (Lipinski definition) is 5. The molecule has 0 radical (unpaired) electrons. The number of carbonyl (C=O) groups excluding carboxylic acids is 1. The molecule has 2 aliphatic carbocycles. The van der Waals surface area contributed by atoms with Crippen molar-refractivity contribution in [1.29, 1.82) is 0 Å². The Hall–Kier alpha value is -0.910. The summed E-state index contributed by atoms with van der Waals surface area (Å²) in [6, 6.07) is 0. The van der Waals surface area contributed by atoms with E-state index in [2.05, 4.69) is 6.58 Å². The molecule has 3 aliphatic heterocycles. The summed E-state index contributed by atoms with van der Waals surface area (Å²) in [4.78, 5) is 11.9. The van der Waals surface area contributed by atoms with Crippen LogP contribution in [0.3, 0.4) is 0 Å². The van der Waals surface area contributed by atoms with Gasteiger partial charge in [-0.3, -0.25) is 0 Å². The van der Waals surface area contributed by atoms with Crippen LogP contribution in [0.5, 0.6) is 0 Å². The van der Waals surface area contributed by atoms with Crippen LogP contribution in [0.25, 0.3) is 0 Å². The van der Waals surface area contributed by atoms with Crippen LogP contribution in [0.15, 0.2) is 12.2 Å². The third kappa shape index (κ3) is 0.954. The number of aliphatic hydroxyl groups is 1. The van der Waals surface area contributed by atoms with Gasteiger partial charge in [-0.25, -0.2) is 4.79 Å². The predicted octanol–water partition coefficient (Wildman–Crippen LogP) is 0.554. The maximum absolute atomic E-state index is 11.9. The summed E-state index contributed by atoms with van der Waals surface area (Å²) in [7, 11) is 0. The molecule has 2 saturated carbocycles. The Morgan fingerprint density at radius 3 is 2.80 bits per heavy atom. The number of hydrogen-bond donors (Lipinski definition) is 1. The van der Waals surface area contributed by atoms with Crippen molar-refractivity contribution >= 4 is 5.97 Å². The largest absolute Gasteiger partial charge is 0.458 e. The fraction of sp³-hybridized carbons (Fsp3) is 0.800. The van der Waals surface area contributed by atoms with E-state index in [9.17, 15) is 9.90 Å². The highest BCUT2D eigenvalue weighted by atomic mass is 16.7. The van der Waals surface area contributed by atoms with E-state index in [4.69, 9.17) is 14.2 Å². The minimum absolute atomic E-state index is 0.0250. The van der Waals surface area contributed by atoms with Gasteiger partial charge in [0.2, 0.25) is 0 Å². The molecule has 3 saturated heterocycles. The highest BCUT2D eigenvalue weighted by Gasteiger charge is 2.92. The van der Waals surface area contributed by atoms with E-state index in [-0.39, 0.29) is 41.7 Å². The van der Waals surface area contributed by atoms with Gasteiger partial charge in [0, 0.05) is 11.5 Å². The second-order valence-electron chi connectivity index (χ2n) is 7.35. The number of ether oxygens (including phenoxy) is 3. The molecule has 0 amide bonds. The molecule has 5 fully saturated rings. The van der Waals surface area contributed by atoms with Crippen molar-refractivity contribution in [1.82, 2.24) is 0 Å². The van der Waals surface area contributed by atoms with Gasteiger partial charge in [0.15, 0.2) is 0 Å². The van der Waals surface area contributed by atoms with Crippen molar-refractivity contribution < 1.29 is 24.1 Å². The highest BCUT2D eigenvalue weighted by Crippen LogP contribution is 2.75. The lowest BCUT2D eigenvalue weighted by atomic mass is 9.74. The van der Waals surface area contributed by atoms with E-state index in [0.29, 0.717) is 18.4 Å². The summed E-state index contributed by atoms with van der Waals surface area (Å²) in [6.45, 7) is 7.78. The lowest BCUT2D eigenvalue weighted by Crippen LogP contribution is -2.53. The zero-order chi connectivity index (χ0) is 14.1. The first kappa shape index (κ1) is 11.7. The molecule has 1 N–H and O–H groups in total. The first-order valence-electron chi connectivity index (χ1n) is 7.31. The number of epoxide rings is 2. The van der Waals surface area contributed by atoms with Crippen molar-refractivity contribution in [3.8, 4) is 0 Å². The molecular formula is C15H18O5. The normalized spacial score (nSPS) is 65.7. The third-order valence-electron chi connectivity index (χ3n) is 6.39. The van der Waals surface area contributed by atoms with Gasteiger partial charge in [-0.05, 0) is 26.7 Å². The highest BCUT2D eigenvalue weighted by molar-refractivity contribution is 5.91. The van der Waals surface area contributed by atoms with E-state index >= 15 is 0 Å². The average Bonchev–Trinajstić information content (AvgIpc) is 3.21. The number of fused-ring (bicyclic) bond motifs is 5. The second-order valence-corrected chi connectivity index (χ2v) is 7.35. The van der Waals surface area contributed by atoms with Gasteiger partial charge < -0.3 is 19.3 Å². The zero-order valence-corrected chi connectivity index (χ0v) is 11.6. The van der Waals surface area contributed by atoms with E-state index in [0.717, 1.165) is 0 Å². The molecule has 5 aliphatic rings. The first-order valence-corrected chi connectivity index (χ1v) is 7.31. The van der Waals surface area contributed by atoms with Crippen molar-refractivity contribution in [2.45, 2.75) is 61.8 Å². The van der Waals surface area contributed by atoms with Crippen LogP contribution in [0, 0.1) is 11.8 Å². The molecule has 1 spiro atoms. The fourth-order valence-electron chi connectivity index (χ4n) is 5.23. The monoisotopic (exact) mass is 278 g/mol. The van der Waals surface area contributed by atoms with Crippen LogP contribution in [0.1, 0.15) is 26.7 Å². The SMILES string of the molecule is C=C1C(=O)OC2C3[C@]4(C)O[C@@H]4[C@@H]4O[C@]34[C@](C)(O)CC[C@@H]12. The van der Waals surface area contributed by atoms with Gasteiger partial charge in [-0.1, -0.05) is 6.58 Å². The Morgan fingerprint density at radius 2 is 2.05 bits per heavy atom. The fourth-order valence-corrected chi connectivity index (χ4v) is 5.23. The van der Waals surface area contributed by atoms with Gasteiger partial charge in [-0.15, -0.1) is 0 Å². The molecule has 8 atom stereocenters. The molecule has 2 unspecified atom stereocenters. The number of esters is 1. The van der Waals surface area contributed by atoms with E-state index < -0.39 is 11.2 Å². The smallest absolute Gasteiger partial charge is 0.334 e. The Kier molecular flexibility index (Phi) is 1.67. The molecule has 5 heteroatoms. The Balaban J connectivity index is 1.67. The van der Waals surface area contributed by atoms with Crippen LogP contribution in [-0.2, 0) is 19.0 Å². The van der Waals surface area contributed by atoms with Crippen LogP contribution in [0.2, 0.25) is 0 Å². The van der Waals surface area contributed by atoms with Crippen LogP contribution in [-0.4, -0.2) is 46.2 Å². The van der Waals surface area contributed by atoms with Gasteiger partial charge in [-0.2, -0.15) is 0 Å². The Labute approximate surface area is 116 Å². The molecule has 5 rings (SSSR count). The summed E-state index contributed by atoms with van der Waals surface area (Å²) >= 11 is 0. The molecule has 0 aromatic heterocycles. The van der Waals surface area contributed by atoms with Gasteiger partial charge in [0.1, 0.15) is 29.5 Å². The summed E-state index contributed by atoms with van der Waals surface area (Å²) in [5, 5.41) is 10.9. The quantitative estimate of drug-likeness (QED) is 0.398. The van der Waals surface area contributed by atoms with E-state index in [1.807, 2.05) is 13.8 Å². The minimum atomic E-state index is -0.904.